The quantitative estimate of drug-likeness (QED) is 0.650. The van der Waals surface area contributed by atoms with Crippen LogP contribution in [0.4, 0.5) is 0 Å². The third kappa shape index (κ3) is 4.22. The van der Waals surface area contributed by atoms with Gasteiger partial charge in [0.25, 0.3) is 0 Å². The predicted octanol–water partition coefficient (Wildman–Crippen LogP) is 0.542. The topological polar surface area (TPSA) is 73.9 Å². The average molecular weight is 241 g/mol. The van der Waals surface area contributed by atoms with Crippen LogP contribution in [0, 0.1) is 0 Å². The van der Waals surface area contributed by atoms with Crippen molar-refractivity contribution in [1.29, 1.82) is 0 Å². The van der Waals surface area contributed by atoms with Gasteiger partial charge in [0.1, 0.15) is 6.61 Å². The first-order valence-corrected chi connectivity index (χ1v) is 5.50. The summed E-state index contributed by atoms with van der Waals surface area (Å²) in [7, 11) is 1.59. The van der Waals surface area contributed by atoms with Gasteiger partial charge in [-0.2, -0.15) is 0 Å². The molecule has 17 heavy (non-hydrogen) atoms. The first kappa shape index (κ1) is 13.8. The van der Waals surface area contributed by atoms with Crippen molar-refractivity contribution in [2.75, 3.05) is 33.5 Å². The molecule has 0 spiro atoms. The van der Waals surface area contributed by atoms with Crippen molar-refractivity contribution in [3.8, 4) is 11.5 Å². The number of aliphatic hydroxyl groups excluding tert-OH is 1. The van der Waals surface area contributed by atoms with E-state index in [1.807, 2.05) is 18.2 Å². The summed E-state index contributed by atoms with van der Waals surface area (Å²) < 4.78 is 15.9. The van der Waals surface area contributed by atoms with Crippen LogP contribution in [0.3, 0.4) is 0 Å². The lowest BCUT2D eigenvalue weighted by atomic mass is 10.2. The van der Waals surface area contributed by atoms with Gasteiger partial charge in [0.05, 0.1) is 26.9 Å². The van der Waals surface area contributed by atoms with Crippen molar-refractivity contribution < 1.29 is 19.3 Å². The molecular formula is C12H19NO4. The van der Waals surface area contributed by atoms with E-state index in [1.54, 1.807) is 7.11 Å². The second-order valence-corrected chi connectivity index (χ2v) is 3.34. The largest absolute Gasteiger partial charge is 0.493 e. The monoisotopic (exact) mass is 241 g/mol. The Kier molecular flexibility index (Phi) is 6.39. The van der Waals surface area contributed by atoms with E-state index >= 15 is 0 Å². The highest BCUT2D eigenvalue weighted by Gasteiger charge is 2.08. The third-order valence-corrected chi connectivity index (χ3v) is 2.21. The van der Waals surface area contributed by atoms with Crippen molar-refractivity contribution in [3.05, 3.63) is 23.8 Å². The first-order valence-electron chi connectivity index (χ1n) is 5.50. The molecule has 0 heterocycles. The zero-order valence-electron chi connectivity index (χ0n) is 10.0. The van der Waals surface area contributed by atoms with Crippen LogP contribution in [0.15, 0.2) is 18.2 Å². The lowest BCUT2D eigenvalue weighted by Crippen LogP contribution is -2.11. The standard InChI is InChI=1S/C12H19NO4/c1-15-11-4-2-3-10(9-13)12(11)17-8-7-16-6-5-14/h2-4,14H,5-9,13H2,1H3. The summed E-state index contributed by atoms with van der Waals surface area (Å²) >= 11 is 0. The summed E-state index contributed by atoms with van der Waals surface area (Å²) in [5.74, 6) is 1.32. The van der Waals surface area contributed by atoms with E-state index in [4.69, 9.17) is 25.1 Å². The molecule has 0 aliphatic heterocycles. The van der Waals surface area contributed by atoms with E-state index < -0.39 is 0 Å². The molecule has 5 heteroatoms. The van der Waals surface area contributed by atoms with Crippen LogP contribution >= 0.6 is 0 Å². The number of nitrogens with two attached hydrogens (primary N) is 1. The number of benzene rings is 1. The molecule has 0 atom stereocenters. The Labute approximate surface area is 101 Å². The zero-order chi connectivity index (χ0) is 12.5. The Hall–Kier alpha value is -1.30. The molecule has 0 amide bonds. The Balaban J connectivity index is 2.55. The van der Waals surface area contributed by atoms with Crippen LogP contribution in [0.1, 0.15) is 5.56 Å². The summed E-state index contributed by atoms with van der Waals surface area (Å²) in [5.41, 5.74) is 6.52. The fraction of sp³-hybridized carbons (Fsp3) is 0.500. The maximum absolute atomic E-state index is 8.54. The normalized spacial score (nSPS) is 10.3. The highest BCUT2D eigenvalue weighted by Crippen LogP contribution is 2.30. The van der Waals surface area contributed by atoms with E-state index in [0.717, 1.165) is 5.56 Å². The molecule has 1 rings (SSSR count). The average Bonchev–Trinajstić information content (AvgIpc) is 2.38. The molecule has 0 aromatic heterocycles. The number of ether oxygens (including phenoxy) is 3. The van der Waals surface area contributed by atoms with Gasteiger partial charge in [0.15, 0.2) is 11.5 Å². The summed E-state index contributed by atoms with van der Waals surface area (Å²) in [6, 6.07) is 5.59. The fourth-order valence-corrected chi connectivity index (χ4v) is 1.42. The second-order valence-electron chi connectivity index (χ2n) is 3.34. The number of para-hydroxylation sites is 1. The van der Waals surface area contributed by atoms with Crippen LogP contribution in [0.5, 0.6) is 11.5 Å². The molecule has 96 valence electrons. The van der Waals surface area contributed by atoms with Crippen molar-refractivity contribution in [2.45, 2.75) is 6.54 Å². The second kappa shape index (κ2) is 7.89. The molecule has 0 aliphatic carbocycles. The van der Waals surface area contributed by atoms with Crippen molar-refractivity contribution in [1.82, 2.24) is 0 Å². The first-order chi connectivity index (χ1) is 8.33. The fourth-order valence-electron chi connectivity index (χ4n) is 1.42. The molecule has 0 saturated carbocycles. The van der Waals surface area contributed by atoms with Gasteiger partial charge in [0.2, 0.25) is 0 Å². The van der Waals surface area contributed by atoms with Crippen LogP contribution in [-0.2, 0) is 11.3 Å². The minimum atomic E-state index is 0.0166. The molecule has 0 radical (unpaired) electrons. The smallest absolute Gasteiger partial charge is 0.165 e. The number of hydrogen-bond acceptors (Lipinski definition) is 5. The lowest BCUT2D eigenvalue weighted by Gasteiger charge is -2.14. The summed E-state index contributed by atoms with van der Waals surface area (Å²) in [5, 5.41) is 8.54. The summed E-state index contributed by atoms with van der Waals surface area (Å²) in [4.78, 5) is 0. The Morgan fingerprint density at radius 2 is 2.06 bits per heavy atom. The number of aliphatic hydroxyl groups is 1. The molecule has 0 saturated heterocycles. The molecule has 0 unspecified atom stereocenters. The van der Waals surface area contributed by atoms with Gasteiger partial charge < -0.3 is 25.1 Å². The van der Waals surface area contributed by atoms with Gasteiger partial charge in [-0.1, -0.05) is 12.1 Å². The van der Waals surface area contributed by atoms with Crippen LogP contribution in [0.2, 0.25) is 0 Å². The van der Waals surface area contributed by atoms with Gasteiger partial charge in [-0.15, -0.1) is 0 Å². The van der Waals surface area contributed by atoms with Crippen LogP contribution in [-0.4, -0.2) is 38.6 Å². The SMILES string of the molecule is COc1cccc(CN)c1OCCOCCO. The highest BCUT2D eigenvalue weighted by molar-refractivity contribution is 5.46. The van der Waals surface area contributed by atoms with E-state index in [2.05, 4.69) is 0 Å². The summed E-state index contributed by atoms with van der Waals surface area (Å²) in [6.07, 6.45) is 0. The van der Waals surface area contributed by atoms with Crippen molar-refractivity contribution in [2.24, 2.45) is 5.73 Å². The Morgan fingerprint density at radius 1 is 1.24 bits per heavy atom. The lowest BCUT2D eigenvalue weighted by molar-refractivity contribution is 0.0696. The van der Waals surface area contributed by atoms with Gasteiger partial charge in [-0.25, -0.2) is 0 Å². The van der Waals surface area contributed by atoms with Crippen LogP contribution < -0.4 is 15.2 Å². The van der Waals surface area contributed by atoms with E-state index in [-0.39, 0.29) is 6.61 Å². The molecule has 5 nitrogen and oxygen atoms in total. The molecule has 3 N–H and O–H groups in total. The molecule has 0 aliphatic rings. The number of rotatable bonds is 8. The third-order valence-electron chi connectivity index (χ3n) is 2.21. The van der Waals surface area contributed by atoms with Crippen molar-refractivity contribution in [3.63, 3.8) is 0 Å². The highest BCUT2D eigenvalue weighted by atomic mass is 16.5. The molecule has 1 aromatic carbocycles. The molecular weight excluding hydrogens is 222 g/mol. The minimum Gasteiger partial charge on any atom is -0.493 e. The number of hydrogen-bond donors (Lipinski definition) is 2. The Bertz CT molecular complexity index is 308. The minimum absolute atomic E-state index is 0.0166. The van der Waals surface area contributed by atoms with Gasteiger partial charge in [0, 0.05) is 12.1 Å². The maximum Gasteiger partial charge on any atom is 0.165 e. The number of methoxy groups -OCH3 is 1. The zero-order valence-corrected chi connectivity index (χ0v) is 10.0. The van der Waals surface area contributed by atoms with E-state index in [1.165, 1.54) is 0 Å². The predicted molar refractivity (Wildman–Crippen MR) is 64.3 cm³/mol. The van der Waals surface area contributed by atoms with Gasteiger partial charge >= 0.3 is 0 Å². The van der Waals surface area contributed by atoms with Crippen LogP contribution in [0.25, 0.3) is 0 Å². The Morgan fingerprint density at radius 3 is 2.71 bits per heavy atom. The van der Waals surface area contributed by atoms with E-state index in [9.17, 15) is 0 Å². The summed E-state index contributed by atoms with van der Waals surface area (Å²) in [6.45, 7) is 1.54. The maximum atomic E-state index is 8.54. The van der Waals surface area contributed by atoms with Gasteiger partial charge in [-0.05, 0) is 6.07 Å². The van der Waals surface area contributed by atoms with Gasteiger partial charge in [-0.3, -0.25) is 0 Å². The molecule has 0 fully saturated rings. The molecule has 0 bridgehead atoms. The van der Waals surface area contributed by atoms with Crippen molar-refractivity contribution >= 4 is 0 Å². The molecule has 1 aromatic rings. The van der Waals surface area contributed by atoms with E-state index in [0.29, 0.717) is 37.9 Å².